The summed E-state index contributed by atoms with van der Waals surface area (Å²) in [5, 5.41) is 15.2. The van der Waals surface area contributed by atoms with Crippen LogP contribution in [0, 0.1) is 17.5 Å². The summed E-state index contributed by atoms with van der Waals surface area (Å²) in [5.41, 5.74) is 0.414. The van der Waals surface area contributed by atoms with Crippen LogP contribution in [0.25, 0.3) is 22.6 Å². The SMILES string of the molecule is OC(c1cccnc1)c1c(-c2ccc(F)c(F)c2F)noc1-c1cccc(Cl)c1. The van der Waals surface area contributed by atoms with Crippen molar-refractivity contribution in [3.05, 3.63) is 94.5 Å². The molecule has 2 aromatic heterocycles. The van der Waals surface area contributed by atoms with E-state index in [0.717, 1.165) is 12.1 Å². The van der Waals surface area contributed by atoms with Crippen LogP contribution in [0.4, 0.5) is 13.2 Å². The molecule has 0 amide bonds. The molecule has 0 aliphatic rings. The lowest BCUT2D eigenvalue weighted by Gasteiger charge is -2.13. The lowest BCUT2D eigenvalue weighted by atomic mass is 9.94. The topological polar surface area (TPSA) is 59.2 Å². The monoisotopic (exact) mass is 416 g/mol. The van der Waals surface area contributed by atoms with Gasteiger partial charge in [0, 0.05) is 34.1 Å². The first-order valence-corrected chi connectivity index (χ1v) is 8.82. The molecule has 8 heteroatoms. The Hall–Kier alpha value is -3.16. The van der Waals surface area contributed by atoms with Crippen molar-refractivity contribution in [3.8, 4) is 22.6 Å². The first-order chi connectivity index (χ1) is 14.0. The largest absolute Gasteiger partial charge is 0.383 e. The molecule has 4 rings (SSSR count). The summed E-state index contributed by atoms with van der Waals surface area (Å²) < 4.78 is 47.0. The van der Waals surface area contributed by atoms with Gasteiger partial charge in [0.15, 0.2) is 23.2 Å². The maximum absolute atomic E-state index is 14.5. The maximum Gasteiger partial charge on any atom is 0.195 e. The van der Waals surface area contributed by atoms with Gasteiger partial charge in [0.2, 0.25) is 0 Å². The molecule has 2 heterocycles. The molecule has 2 aromatic carbocycles. The molecule has 0 spiro atoms. The molecule has 29 heavy (non-hydrogen) atoms. The van der Waals surface area contributed by atoms with Crippen LogP contribution >= 0.6 is 11.6 Å². The van der Waals surface area contributed by atoms with E-state index >= 15 is 0 Å². The predicted octanol–water partition coefficient (Wildman–Crippen LogP) is 5.56. The Labute approximate surface area is 168 Å². The molecule has 0 aliphatic heterocycles. The van der Waals surface area contributed by atoms with E-state index in [1.54, 1.807) is 36.4 Å². The van der Waals surface area contributed by atoms with Crippen LogP contribution in [-0.4, -0.2) is 15.2 Å². The normalized spacial score (nSPS) is 12.2. The van der Waals surface area contributed by atoms with Crippen LogP contribution in [0.3, 0.4) is 0 Å². The summed E-state index contributed by atoms with van der Waals surface area (Å²) in [4.78, 5) is 3.96. The van der Waals surface area contributed by atoms with E-state index in [1.165, 1.54) is 12.4 Å². The average molecular weight is 417 g/mol. The Morgan fingerprint density at radius 2 is 1.83 bits per heavy atom. The lowest BCUT2D eigenvalue weighted by Crippen LogP contribution is -2.04. The third kappa shape index (κ3) is 3.50. The predicted molar refractivity (Wildman–Crippen MR) is 101 cm³/mol. The minimum atomic E-state index is -1.64. The van der Waals surface area contributed by atoms with Crippen LogP contribution in [0.15, 0.2) is 65.4 Å². The first-order valence-electron chi connectivity index (χ1n) is 8.44. The van der Waals surface area contributed by atoms with Crippen molar-refractivity contribution in [2.24, 2.45) is 0 Å². The minimum absolute atomic E-state index is 0.0742. The van der Waals surface area contributed by atoms with Gasteiger partial charge in [-0.3, -0.25) is 4.98 Å². The van der Waals surface area contributed by atoms with Crippen molar-refractivity contribution in [1.82, 2.24) is 10.1 Å². The van der Waals surface area contributed by atoms with Gasteiger partial charge in [0.25, 0.3) is 0 Å². The van der Waals surface area contributed by atoms with Crippen molar-refractivity contribution in [1.29, 1.82) is 0 Å². The Balaban J connectivity index is 1.97. The fraction of sp³-hybridized carbons (Fsp3) is 0.0476. The maximum atomic E-state index is 14.5. The first kappa shape index (κ1) is 19.2. The highest BCUT2D eigenvalue weighted by Gasteiger charge is 2.29. The molecule has 4 nitrogen and oxygen atoms in total. The molecule has 1 atom stereocenters. The van der Waals surface area contributed by atoms with Gasteiger partial charge in [0.1, 0.15) is 11.8 Å². The third-order valence-corrected chi connectivity index (χ3v) is 4.61. The summed E-state index contributed by atoms with van der Waals surface area (Å²) in [7, 11) is 0. The summed E-state index contributed by atoms with van der Waals surface area (Å²) in [6.07, 6.45) is 1.62. The van der Waals surface area contributed by atoms with E-state index in [4.69, 9.17) is 16.1 Å². The van der Waals surface area contributed by atoms with Gasteiger partial charge in [-0.15, -0.1) is 0 Å². The highest BCUT2D eigenvalue weighted by molar-refractivity contribution is 6.30. The smallest absolute Gasteiger partial charge is 0.195 e. The number of rotatable bonds is 4. The fourth-order valence-electron chi connectivity index (χ4n) is 3.00. The van der Waals surface area contributed by atoms with Crippen LogP contribution in [0.2, 0.25) is 5.02 Å². The fourth-order valence-corrected chi connectivity index (χ4v) is 3.19. The van der Waals surface area contributed by atoms with Gasteiger partial charge in [0.05, 0.1) is 5.56 Å². The number of halogens is 4. The number of aromatic nitrogens is 2. The van der Waals surface area contributed by atoms with Crippen molar-refractivity contribution < 1.29 is 22.8 Å². The van der Waals surface area contributed by atoms with Crippen LogP contribution in [0.5, 0.6) is 0 Å². The van der Waals surface area contributed by atoms with Crippen LogP contribution in [0.1, 0.15) is 17.2 Å². The molecular formula is C21H12ClF3N2O2. The van der Waals surface area contributed by atoms with E-state index in [-0.39, 0.29) is 22.6 Å². The van der Waals surface area contributed by atoms with Crippen LogP contribution < -0.4 is 0 Å². The van der Waals surface area contributed by atoms with Gasteiger partial charge in [-0.1, -0.05) is 35.0 Å². The van der Waals surface area contributed by atoms with Gasteiger partial charge in [-0.05, 0) is 30.3 Å². The van der Waals surface area contributed by atoms with Crippen molar-refractivity contribution in [2.75, 3.05) is 0 Å². The number of aliphatic hydroxyl groups is 1. The summed E-state index contributed by atoms with van der Waals surface area (Å²) in [6, 6.07) is 11.6. The molecule has 0 fully saturated rings. The van der Waals surface area contributed by atoms with Gasteiger partial charge < -0.3 is 9.63 Å². The zero-order chi connectivity index (χ0) is 20.5. The number of aliphatic hydroxyl groups excluding tert-OH is 1. The molecule has 1 N–H and O–H groups in total. The Kier molecular flexibility index (Phi) is 5.08. The summed E-state index contributed by atoms with van der Waals surface area (Å²) >= 11 is 6.05. The zero-order valence-corrected chi connectivity index (χ0v) is 15.4. The van der Waals surface area contributed by atoms with E-state index in [9.17, 15) is 18.3 Å². The molecule has 146 valence electrons. The molecule has 0 saturated carbocycles. The van der Waals surface area contributed by atoms with E-state index in [1.807, 2.05) is 0 Å². The number of hydrogen-bond donors (Lipinski definition) is 1. The summed E-state index contributed by atoms with van der Waals surface area (Å²) in [5.74, 6) is -4.30. The Bertz CT molecular complexity index is 1180. The molecule has 0 aliphatic carbocycles. The van der Waals surface area contributed by atoms with Gasteiger partial charge in [-0.25, -0.2) is 13.2 Å². The molecule has 1 unspecified atom stereocenters. The molecule has 0 radical (unpaired) electrons. The highest BCUT2D eigenvalue weighted by atomic mass is 35.5. The third-order valence-electron chi connectivity index (χ3n) is 4.38. The molecule has 0 saturated heterocycles. The number of hydrogen-bond acceptors (Lipinski definition) is 4. The van der Waals surface area contributed by atoms with E-state index < -0.39 is 23.6 Å². The highest BCUT2D eigenvalue weighted by Crippen LogP contribution is 2.40. The summed E-state index contributed by atoms with van der Waals surface area (Å²) in [6.45, 7) is 0. The second-order valence-corrected chi connectivity index (χ2v) is 6.63. The zero-order valence-electron chi connectivity index (χ0n) is 14.6. The minimum Gasteiger partial charge on any atom is -0.383 e. The van der Waals surface area contributed by atoms with Crippen molar-refractivity contribution in [2.45, 2.75) is 6.10 Å². The van der Waals surface area contributed by atoms with Gasteiger partial charge in [-0.2, -0.15) is 0 Å². The Morgan fingerprint density at radius 1 is 1.00 bits per heavy atom. The number of pyridine rings is 1. The van der Waals surface area contributed by atoms with Gasteiger partial charge >= 0.3 is 0 Å². The van der Waals surface area contributed by atoms with E-state index in [0.29, 0.717) is 16.1 Å². The molecule has 4 aromatic rings. The standard InChI is InChI=1S/C21H12ClF3N2O2/c22-13-5-1-3-11(9-13)21-16(20(28)12-4-2-8-26-10-12)19(27-29-21)14-6-7-15(23)18(25)17(14)24/h1-10,20,28H. The molecule has 0 bridgehead atoms. The van der Waals surface area contributed by atoms with Crippen molar-refractivity contribution >= 4 is 11.6 Å². The van der Waals surface area contributed by atoms with Crippen molar-refractivity contribution in [3.63, 3.8) is 0 Å². The number of nitrogens with zero attached hydrogens (tertiary/aromatic N) is 2. The van der Waals surface area contributed by atoms with Crippen LogP contribution in [-0.2, 0) is 0 Å². The van der Waals surface area contributed by atoms with E-state index in [2.05, 4.69) is 10.1 Å². The second-order valence-electron chi connectivity index (χ2n) is 6.20. The molecular weight excluding hydrogens is 405 g/mol. The number of benzene rings is 2. The Morgan fingerprint density at radius 3 is 2.55 bits per heavy atom. The average Bonchev–Trinajstić information content (AvgIpc) is 3.17. The lowest BCUT2D eigenvalue weighted by molar-refractivity contribution is 0.220. The second kappa shape index (κ2) is 7.69. The quantitative estimate of drug-likeness (QED) is 0.443.